The Hall–Kier alpha value is -4.16. The van der Waals surface area contributed by atoms with Gasteiger partial charge in [0.05, 0.1) is 0 Å². The van der Waals surface area contributed by atoms with Gasteiger partial charge in [-0.25, -0.2) is 0 Å². The molecule has 6 aromatic rings. The average Bonchev–Trinajstić information content (AvgIpc) is 3.07. The molecule has 4 aliphatic rings. The van der Waals surface area contributed by atoms with E-state index in [9.17, 15) is 0 Å². The zero-order chi connectivity index (χ0) is 29.7. The zero-order valence-corrected chi connectivity index (χ0v) is 26.6. The summed E-state index contributed by atoms with van der Waals surface area (Å²) in [6.07, 6.45) is 28.8. The summed E-state index contributed by atoms with van der Waals surface area (Å²) in [5, 5.41) is 14.7. The summed E-state index contributed by atoms with van der Waals surface area (Å²) in [5.41, 5.74) is 15.1. The highest BCUT2D eigenvalue weighted by atomic mass is 14.3. The maximum Gasteiger partial charge on any atom is -0.00132 e. The van der Waals surface area contributed by atoms with Crippen LogP contribution in [-0.2, 0) is 25.7 Å². The first-order valence-corrected chi connectivity index (χ1v) is 17.1. The van der Waals surface area contributed by atoms with E-state index in [4.69, 9.17) is 0 Å². The highest BCUT2D eigenvalue weighted by Crippen LogP contribution is 2.52. The minimum Gasteiger partial charge on any atom is -0.0836 e. The summed E-state index contributed by atoms with van der Waals surface area (Å²) < 4.78 is 0. The van der Waals surface area contributed by atoms with Gasteiger partial charge in [0, 0.05) is 0 Å². The molecule has 0 fully saturated rings. The van der Waals surface area contributed by atoms with E-state index in [1.165, 1.54) is 87.2 Å². The third-order valence-electron chi connectivity index (χ3n) is 10.9. The first kappa shape index (κ1) is 26.3. The topological polar surface area (TPSA) is 0 Å². The van der Waals surface area contributed by atoms with Crippen molar-refractivity contribution in [2.24, 2.45) is 0 Å². The fourth-order valence-corrected chi connectivity index (χ4v) is 9.41. The monoisotopic (exact) mass is 568 g/mol. The molecule has 0 amide bonds. The molecule has 0 nitrogen and oxygen atoms in total. The van der Waals surface area contributed by atoms with Crippen LogP contribution in [0.2, 0.25) is 0 Å². The van der Waals surface area contributed by atoms with Crippen LogP contribution >= 0.6 is 0 Å². The Morgan fingerprint density at radius 3 is 0.864 bits per heavy atom. The summed E-state index contributed by atoms with van der Waals surface area (Å²) in [7, 11) is 0. The average molecular weight is 569 g/mol. The number of benzene rings is 6. The van der Waals surface area contributed by atoms with Crippen LogP contribution < -0.4 is 0 Å². The SMILES string of the molecule is CC.Cc1cc2c3c4c(c5c(c3c3cc(C)cc6c7c8c(c9c(c7c(c1)c2c36)C=CCC9)CCC=C8)C=CCC5)CCC=C4. The number of rotatable bonds is 0. The van der Waals surface area contributed by atoms with Crippen molar-refractivity contribution in [1.82, 2.24) is 0 Å². The molecule has 0 aromatic heterocycles. The molecule has 0 atom stereocenters. The molecule has 0 radical (unpaired) electrons. The lowest BCUT2D eigenvalue weighted by Crippen LogP contribution is -2.09. The normalized spacial score (nSPS) is 16.5. The Bertz CT molecular complexity index is 2020. The smallest absolute Gasteiger partial charge is 0.00132 e. The number of hydrogen-bond donors (Lipinski definition) is 0. The lowest BCUT2D eigenvalue weighted by atomic mass is 9.74. The summed E-state index contributed by atoms with van der Waals surface area (Å²) in [4.78, 5) is 0. The molecule has 0 aliphatic heterocycles. The quantitative estimate of drug-likeness (QED) is 0.126. The summed E-state index contributed by atoms with van der Waals surface area (Å²) in [5.74, 6) is 0. The van der Waals surface area contributed by atoms with Gasteiger partial charge in [0.25, 0.3) is 0 Å². The lowest BCUT2D eigenvalue weighted by Gasteiger charge is -2.29. The van der Waals surface area contributed by atoms with Crippen LogP contribution in [0.1, 0.15) is 95.2 Å². The second kappa shape index (κ2) is 9.67. The highest BCUT2D eigenvalue weighted by molar-refractivity contribution is 6.42. The van der Waals surface area contributed by atoms with Gasteiger partial charge in [-0.15, -0.1) is 0 Å². The van der Waals surface area contributed by atoms with Gasteiger partial charge in [-0.2, -0.15) is 0 Å². The molecule has 0 heterocycles. The molecule has 0 heteroatoms. The highest BCUT2D eigenvalue weighted by Gasteiger charge is 2.28. The van der Waals surface area contributed by atoms with Crippen LogP contribution in [0.3, 0.4) is 0 Å². The molecule has 0 saturated heterocycles. The summed E-state index contributed by atoms with van der Waals surface area (Å²) >= 11 is 0. The Morgan fingerprint density at radius 1 is 0.364 bits per heavy atom. The molecule has 44 heavy (non-hydrogen) atoms. The van der Waals surface area contributed by atoms with Crippen molar-refractivity contribution in [2.45, 2.75) is 79.1 Å². The standard InChI is InChI=1S/C42H34.C2H6/c1-23-19-33-37-29-15-7-3-11-25(29)27-13-5-9-17-31(27)39(37)35-21-24(2)22-36-40-32-18-10-6-14-28(32)26-12-4-8-16-30(26)38(40)34(20-23)41(33)42(35)36;1-2/h7-10,15-22H,3-6,11-14H2,1-2H3;1-2H3. The second-order valence-electron chi connectivity index (χ2n) is 13.3. The van der Waals surface area contributed by atoms with Crippen LogP contribution in [0.15, 0.2) is 48.6 Å². The molecule has 216 valence electrons. The second-order valence-corrected chi connectivity index (χ2v) is 13.3. The van der Waals surface area contributed by atoms with E-state index in [0.29, 0.717) is 0 Å². The molecule has 0 N–H and O–H groups in total. The Balaban J connectivity index is 0.00000133. The molecule has 0 unspecified atom stereocenters. The van der Waals surface area contributed by atoms with Crippen molar-refractivity contribution < 1.29 is 0 Å². The summed E-state index contributed by atoms with van der Waals surface area (Å²) in [6.45, 7) is 8.63. The van der Waals surface area contributed by atoms with Crippen molar-refractivity contribution in [3.8, 4) is 0 Å². The number of allylic oxidation sites excluding steroid dienone is 4. The molecule has 0 bridgehead atoms. The Kier molecular flexibility index (Phi) is 5.77. The maximum atomic E-state index is 2.51. The van der Waals surface area contributed by atoms with Gasteiger partial charge in [0.15, 0.2) is 0 Å². The molecule has 4 aliphatic carbocycles. The molecular weight excluding hydrogens is 528 g/mol. The first-order chi connectivity index (χ1) is 21.7. The van der Waals surface area contributed by atoms with Crippen molar-refractivity contribution >= 4 is 78.2 Å². The third-order valence-corrected chi connectivity index (χ3v) is 10.9. The van der Waals surface area contributed by atoms with Crippen LogP contribution in [0.5, 0.6) is 0 Å². The third kappa shape index (κ3) is 3.35. The van der Waals surface area contributed by atoms with Gasteiger partial charge in [0.2, 0.25) is 0 Å². The van der Waals surface area contributed by atoms with E-state index < -0.39 is 0 Å². The van der Waals surface area contributed by atoms with Crippen LogP contribution in [-0.4, -0.2) is 0 Å². The van der Waals surface area contributed by atoms with E-state index in [1.54, 1.807) is 22.3 Å². The van der Waals surface area contributed by atoms with Crippen molar-refractivity contribution in [2.75, 3.05) is 0 Å². The Labute approximate surface area is 260 Å². The lowest BCUT2D eigenvalue weighted by molar-refractivity contribution is 0.911. The van der Waals surface area contributed by atoms with E-state index in [0.717, 1.165) is 51.4 Å². The van der Waals surface area contributed by atoms with Gasteiger partial charge in [-0.05, 0) is 175 Å². The van der Waals surface area contributed by atoms with Crippen molar-refractivity contribution in [3.05, 3.63) is 104 Å². The number of aryl methyl sites for hydroxylation is 2. The zero-order valence-electron chi connectivity index (χ0n) is 26.6. The van der Waals surface area contributed by atoms with Gasteiger partial charge in [-0.3, -0.25) is 0 Å². The van der Waals surface area contributed by atoms with Gasteiger partial charge in [-0.1, -0.05) is 86.7 Å². The van der Waals surface area contributed by atoms with Gasteiger partial charge >= 0.3 is 0 Å². The molecule has 10 rings (SSSR count). The van der Waals surface area contributed by atoms with E-state index >= 15 is 0 Å². The van der Waals surface area contributed by atoms with E-state index in [-0.39, 0.29) is 0 Å². The molecular formula is C44H40. The van der Waals surface area contributed by atoms with Crippen molar-refractivity contribution in [3.63, 3.8) is 0 Å². The predicted molar refractivity (Wildman–Crippen MR) is 195 cm³/mol. The van der Waals surface area contributed by atoms with E-state index in [1.807, 2.05) is 13.8 Å². The molecule has 0 saturated carbocycles. The predicted octanol–water partition coefficient (Wildman–Crippen LogP) is 12.4. The number of hydrogen-bond acceptors (Lipinski definition) is 0. The summed E-state index contributed by atoms with van der Waals surface area (Å²) in [6, 6.07) is 10.0. The van der Waals surface area contributed by atoms with E-state index in [2.05, 4.69) is 86.7 Å². The van der Waals surface area contributed by atoms with Crippen LogP contribution in [0, 0.1) is 13.8 Å². The Morgan fingerprint density at radius 2 is 0.614 bits per heavy atom. The van der Waals surface area contributed by atoms with Crippen molar-refractivity contribution in [1.29, 1.82) is 0 Å². The molecule has 0 spiro atoms. The maximum absolute atomic E-state index is 2.51. The van der Waals surface area contributed by atoms with Crippen LogP contribution in [0.25, 0.3) is 78.2 Å². The first-order valence-electron chi connectivity index (χ1n) is 17.1. The van der Waals surface area contributed by atoms with Gasteiger partial charge in [0.1, 0.15) is 0 Å². The van der Waals surface area contributed by atoms with Crippen LogP contribution in [0.4, 0.5) is 0 Å². The minimum absolute atomic E-state index is 1.15. The fraction of sp³-hybridized carbons (Fsp3) is 0.273. The largest absolute Gasteiger partial charge is 0.0836 e. The minimum atomic E-state index is 1.15. The number of fused-ring (bicyclic) bond motifs is 16. The molecule has 6 aromatic carbocycles. The van der Waals surface area contributed by atoms with Gasteiger partial charge < -0.3 is 0 Å². The fourth-order valence-electron chi connectivity index (χ4n) is 9.41.